The minimum atomic E-state index is -1.37. The monoisotopic (exact) mass is 317 g/mol. The zero-order chi connectivity index (χ0) is 11.6. The molecule has 0 saturated heterocycles. The van der Waals surface area contributed by atoms with Gasteiger partial charge < -0.3 is 15.3 Å². The summed E-state index contributed by atoms with van der Waals surface area (Å²) in [5.41, 5.74) is -1.10. The second-order valence-electron chi connectivity index (χ2n) is 2.71. The van der Waals surface area contributed by atoms with Gasteiger partial charge in [0.15, 0.2) is 0 Å². The second kappa shape index (κ2) is 5.45. The van der Waals surface area contributed by atoms with Crippen LogP contribution >= 0.6 is 0 Å². The Bertz CT molecular complexity index is 374. The maximum absolute atomic E-state index is 10.6. The molecule has 0 amide bonds. The minimum absolute atomic E-state index is 0. The predicted molar refractivity (Wildman–Crippen MR) is 47.3 cm³/mol. The first-order chi connectivity index (χ1) is 6.91. The molecule has 7 heteroatoms. The Morgan fingerprint density at radius 3 is 1.00 bits per heavy atom. The van der Waals surface area contributed by atoms with E-state index in [2.05, 4.69) is 0 Å². The first kappa shape index (κ1) is 14.4. The molecule has 0 spiro atoms. The van der Waals surface area contributed by atoms with Gasteiger partial charge in [-0.1, -0.05) is 0 Å². The van der Waals surface area contributed by atoms with Crippen molar-refractivity contribution in [2.75, 3.05) is 0 Å². The Kier molecular flexibility index (Phi) is 4.90. The molecule has 6 nitrogen and oxygen atoms in total. The molecule has 0 unspecified atom stereocenters. The normalized spacial score (nSPS) is 9.00. The summed E-state index contributed by atoms with van der Waals surface area (Å²) in [5, 5.41) is 25.8. The molecule has 0 aliphatic rings. The van der Waals surface area contributed by atoms with Crippen LogP contribution in [-0.4, -0.2) is 33.2 Å². The SMILES string of the molecule is O=C(O)c1cc(C(=O)O)cc(C(=O)O)c1.[Ag]. The number of carbonyl (C=O) groups is 3. The molecule has 0 heterocycles. The molecule has 1 rings (SSSR count). The van der Waals surface area contributed by atoms with Gasteiger partial charge in [-0.05, 0) is 18.2 Å². The number of hydrogen-bond donors (Lipinski definition) is 3. The number of carboxylic acids is 3. The van der Waals surface area contributed by atoms with E-state index in [1.165, 1.54) is 0 Å². The van der Waals surface area contributed by atoms with E-state index in [1.807, 2.05) is 0 Å². The molecule has 16 heavy (non-hydrogen) atoms. The van der Waals surface area contributed by atoms with Crippen LogP contribution in [0.3, 0.4) is 0 Å². The van der Waals surface area contributed by atoms with Crippen LogP contribution in [0.4, 0.5) is 0 Å². The minimum Gasteiger partial charge on any atom is -0.478 e. The van der Waals surface area contributed by atoms with Crippen molar-refractivity contribution in [2.24, 2.45) is 0 Å². The summed E-state index contributed by atoms with van der Waals surface area (Å²) in [5.74, 6) is -4.12. The second-order valence-corrected chi connectivity index (χ2v) is 2.71. The number of carboxylic acid groups (broad SMARTS) is 3. The van der Waals surface area contributed by atoms with E-state index in [1.54, 1.807) is 0 Å². The van der Waals surface area contributed by atoms with E-state index in [9.17, 15) is 14.4 Å². The first-order valence-corrected chi connectivity index (χ1v) is 3.77. The average molecular weight is 318 g/mol. The van der Waals surface area contributed by atoms with Crippen LogP contribution in [0.5, 0.6) is 0 Å². The molecule has 1 aromatic carbocycles. The summed E-state index contributed by atoms with van der Waals surface area (Å²) in [6, 6.07) is 2.70. The van der Waals surface area contributed by atoms with Gasteiger partial charge in [-0.3, -0.25) is 0 Å². The maximum atomic E-state index is 10.6. The van der Waals surface area contributed by atoms with E-state index in [0.29, 0.717) is 0 Å². The van der Waals surface area contributed by atoms with Crippen LogP contribution in [0.25, 0.3) is 0 Å². The molecular formula is C9H6AgO6. The summed E-state index contributed by atoms with van der Waals surface area (Å²) < 4.78 is 0. The molecule has 0 saturated carbocycles. The Hall–Kier alpha value is -1.63. The summed E-state index contributed by atoms with van der Waals surface area (Å²) in [6.07, 6.45) is 0. The molecule has 0 aliphatic heterocycles. The van der Waals surface area contributed by atoms with Crippen molar-refractivity contribution in [3.05, 3.63) is 34.9 Å². The summed E-state index contributed by atoms with van der Waals surface area (Å²) in [4.78, 5) is 31.7. The zero-order valence-electron chi connectivity index (χ0n) is 7.60. The standard InChI is InChI=1S/C9H6O6.Ag/c10-7(11)4-1-5(8(12)13)3-6(2-4)9(14)15;/h1-3H,(H,10,11)(H,12,13)(H,14,15);. The Morgan fingerprint density at radius 1 is 0.688 bits per heavy atom. The molecule has 1 aromatic rings. The fourth-order valence-electron chi connectivity index (χ4n) is 0.998. The molecule has 3 N–H and O–H groups in total. The van der Waals surface area contributed by atoms with Gasteiger partial charge in [0.2, 0.25) is 0 Å². The number of aromatic carboxylic acids is 3. The average Bonchev–Trinajstić information content (AvgIpc) is 2.16. The van der Waals surface area contributed by atoms with Gasteiger partial charge >= 0.3 is 17.9 Å². The van der Waals surface area contributed by atoms with Crippen LogP contribution in [0, 0.1) is 0 Å². The van der Waals surface area contributed by atoms with Crippen molar-refractivity contribution in [3.63, 3.8) is 0 Å². The molecule has 0 fully saturated rings. The fourth-order valence-corrected chi connectivity index (χ4v) is 0.998. The van der Waals surface area contributed by atoms with E-state index in [4.69, 9.17) is 15.3 Å². The van der Waals surface area contributed by atoms with Gasteiger partial charge in [0.1, 0.15) is 0 Å². The Balaban J connectivity index is 0.00000225. The van der Waals surface area contributed by atoms with E-state index in [0.717, 1.165) is 18.2 Å². The molecule has 1 radical (unpaired) electrons. The summed E-state index contributed by atoms with van der Waals surface area (Å²) in [7, 11) is 0. The summed E-state index contributed by atoms with van der Waals surface area (Å²) >= 11 is 0. The first-order valence-electron chi connectivity index (χ1n) is 3.77. The van der Waals surface area contributed by atoms with Crippen molar-refractivity contribution >= 4 is 17.9 Å². The fraction of sp³-hybridized carbons (Fsp3) is 0. The van der Waals surface area contributed by atoms with Crippen molar-refractivity contribution < 1.29 is 52.1 Å². The quantitative estimate of drug-likeness (QED) is 0.710. The van der Waals surface area contributed by atoms with Gasteiger partial charge in [-0.2, -0.15) is 0 Å². The third kappa shape index (κ3) is 3.20. The number of rotatable bonds is 3. The van der Waals surface area contributed by atoms with Crippen LogP contribution in [0.2, 0.25) is 0 Å². The van der Waals surface area contributed by atoms with E-state index in [-0.39, 0.29) is 39.1 Å². The van der Waals surface area contributed by atoms with Gasteiger partial charge in [-0.25, -0.2) is 14.4 Å². The topological polar surface area (TPSA) is 112 Å². The predicted octanol–water partition coefficient (Wildman–Crippen LogP) is 0.779. The number of benzene rings is 1. The van der Waals surface area contributed by atoms with Crippen LogP contribution in [0.1, 0.15) is 31.1 Å². The number of hydrogen-bond acceptors (Lipinski definition) is 3. The molecule has 0 bridgehead atoms. The largest absolute Gasteiger partial charge is 0.478 e. The molecule has 0 aromatic heterocycles. The van der Waals surface area contributed by atoms with Gasteiger partial charge in [0.25, 0.3) is 0 Å². The third-order valence-corrected chi connectivity index (χ3v) is 1.67. The van der Waals surface area contributed by atoms with Crippen LogP contribution in [-0.2, 0) is 22.4 Å². The van der Waals surface area contributed by atoms with E-state index >= 15 is 0 Å². The molecular weight excluding hydrogens is 312 g/mol. The Morgan fingerprint density at radius 2 is 0.875 bits per heavy atom. The molecule has 0 aliphatic carbocycles. The summed E-state index contributed by atoms with van der Waals surface area (Å²) in [6.45, 7) is 0. The van der Waals surface area contributed by atoms with Gasteiger partial charge in [0.05, 0.1) is 16.7 Å². The third-order valence-electron chi connectivity index (χ3n) is 1.67. The van der Waals surface area contributed by atoms with Gasteiger partial charge in [0, 0.05) is 22.4 Å². The van der Waals surface area contributed by atoms with Crippen molar-refractivity contribution in [3.8, 4) is 0 Å². The molecule has 89 valence electrons. The van der Waals surface area contributed by atoms with Crippen molar-refractivity contribution in [1.82, 2.24) is 0 Å². The van der Waals surface area contributed by atoms with Crippen LogP contribution < -0.4 is 0 Å². The van der Waals surface area contributed by atoms with Gasteiger partial charge in [-0.15, -0.1) is 0 Å². The van der Waals surface area contributed by atoms with Crippen LogP contribution in [0.15, 0.2) is 18.2 Å². The zero-order valence-corrected chi connectivity index (χ0v) is 9.08. The van der Waals surface area contributed by atoms with E-state index < -0.39 is 17.9 Å². The van der Waals surface area contributed by atoms with Crippen molar-refractivity contribution in [2.45, 2.75) is 0 Å². The molecule has 0 atom stereocenters. The Labute approximate surface area is 105 Å². The van der Waals surface area contributed by atoms with Crippen molar-refractivity contribution in [1.29, 1.82) is 0 Å². The smallest absolute Gasteiger partial charge is 0.335 e. The maximum Gasteiger partial charge on any atom is 0.335 e.